The van der Waals surface area contributed by atoms with Crippen molar-refractivity contribution in [2.24, 2.45) is 5.92 Å². The average molecular weight is 352 g/mol. The molecule has 2 aromatic heterocycles. The van der Waals surface area contributed by atoms with Crippen LogP contribution in [0.1, 0.15) is 33.6 Å². The first-order valence-electron chi connectivity index (χ1n) is 8.14. The molecule has 3 rings (SSSR count). The van der Waals surface area contributed by atoms with E-state index >= 15 is 0 Å². The van der Waals surface area contributed by atoms with E-state index in [-0.39, 0.29) is 6.09 Å². The number of ether oxygens (including phenoxy) is 1. The highest BCUT2D eigenvalue weighted by Crippen LogP contribution is 2.22. The van der Waals surface area contributed by atoms with Crippen LogP contribution >= 0.6 is 11.6 Å². The van der Waals surface area contributed by atoms with Crippen molar-refractivity contribution in [2.75, 3.05) is 13.1 Å². The summed E-state index contributed by atoms with van der Waals surface area (Å²) in [5, 5.41) is 4.73. The van der Waals surface area contributed by atoms with Crippen LogP contribution in [0.4, 0.5) is 4.79 Å². The van der Waals surface area contributed by atoms with Gasteiger partial charge < -0.3 is 9.64 Å². The Balaban J connectivity index is 1.59. The second kappa shape index (κ2) is 6.55. The number of carbonyl (C=O) groups excluding carboxylic acids is 1. The third-order valence-electron chi connectivity index (χ3n) is 4.01. The summed E-state index contributed by atoms with van der Waals surface area (Å²) in [7, 11) is 0. The number of rotatable bonds is 2. The molecule has 0 spiro atoms. The fraction of sp³-hybridized carbons (Fsp3) is 0.625. The minimum Gasteiger partial charge on any atom is -0.444 e. The van der Waals surface area contributed by atoms with Crippen molar-refractivity contribution >= 4 is 28.9 Å². The van der Waals surface area contributed by atoms with Gasteiger partial charge in [0.15, 0.2) is 5.65 Å². The smallest absolute Gasteiger partial charge is 0.410 e. The first kappa shape index (κ1) is 17.0. The van der Waals surface area contributed by atoms with Crippen molar-refractivity contribution in [3.05, 3.63) is 17.5 Å². The topological polar surface area (TPSA) is 73.1 Å². The van der Waals surface area contributed by atoms with Crippen LogP contribution in [0, 0.1) is 5.92 Å². The molecule has 24 heavy (non-hydrogen) atoms. The van der Waals surface area contributed by atoms with Crippen LogP contribution in [0.3, 0.4) is 0 Å². The predicted octanol–water partition coefficient (Wildman–Crippen LogP) is 3.13. The van der Waals surface area contributed by atoms with E-state index in [9.17, 15) is 4.79 Å². The molecule has 0 unspecified atom stereocenters. The summed E-state index contributed by atoms with van der Waals surface area (Å²) in [6.07, 6.45) is 4.82. The standard InChI is InChI=1S/C16H22ClN5O2/c1-16(2,3)24-15(23)21-6-4-11(5-7-21)10-22-14-12(8-19-22)18-9-13(17)20-14/h8-9,11H,4-7,10H2,1-3H3. The van der Waals surface area contributed by atoms with Gasteiger partial charge in [0.25, 0.3) is 0 Å². The van der Waals surface area contributed by atoms with E-state index in [0.29, 0.717) is 29.8 Å². The SMILES string of the molecule is CC(C)(C)OC(=O)N1CCC(Cn2ncc3ncc(Cl)nc32)CC1. The largest absolute Gasteiger partial charge is 0.444 e. The molecule has 0 saturated carbocycles. The van der Waals surface area contributed by atoms with E-state index in [1.165, 1.54) is 6.20 Å². The molecule has 0 bridgehead atoms. The Bertz CT molecular complexity index is 732. The van der Waals surface area contributed by atoms with Crippen LogP contribution in [-0.2, 0) is 11.3 Å². The molecule has 0 radical (unpaired) electrons. The van der Waals surface area contributed by atoms with Gasteiger partial charge in [-0.3, -0.25) is 0 Å². The fourth-order valence-electron chi connectivity index (χ4n) is 2.83. The first-order chi connectivity index (χ1) is 11.3. The quantitative estimate of drug-likeness (QED) is 0.831. The number of likely N-dealkylation sites (tertiary alicyclic amines) is 1. The van der Waals surface area contributed by atoms with Crippen molar-refractivity contribution in [3.63, 3.8) is 0 Å². The summed E-state index contributed by atoms with van der Waals surface area (Å²) >= 11 is 5.92. The minimum absolute atomic E-state index is 0.233. The van der Waals surface area contributed by atoms with Crippen LogP contribution in [0.25, 0.3) is 11.2 Å². The number of amides is 1. The Hall–Kier alpha value is -1.89. The highest BCUT2D eigenvalue weighted by atomic mass is 35.5. The third kappa shape index (κ3) is 3.95. The van der Waals surface area contributed by atoms with Gasteiger partial charge >= 0.3 is 6.09 Å². The summed E-state index contributed by atoms with van der Waals surface area (Å²) in [6, 6.07) is 0. The van der Waals surface area contributed by atoms with Gasteiger partial charge in [0.1, 0.15) is 16.3 Å². The van der Waals surface area contributed by atoms with Crippen molar-refractivity contribution in [2.45, 2.75) is 45.8 Å². The molecular formula is C16H22ClN5O2. The number of aromatic nitrogens is 4. The molecule has 1 amide bonds. The Kier molecular flexibility index (Phi) is 4.62. The normalized spacial score (nSPS) is 16.6. The van der Waals surface area contributed by atoms with Crippen molar-refractivity contribution < 1.29 is 9.53 Å². The molecule has 1 fully saturated rings. The van der Waals surface area contributed by atoms with Crippen LogP contribution in [0.2, 0.25) is 5.15 Å². The number of nitrogens with zero attached hydrogens (tertiary/aromatic N) is 5. The second-order valence-corrected chi connectivity index (χ2v) is 7.53. The highest BCUT2D eigenvalue weighted by molar-refractivity contribution is 6.29. The molecule has 1 aliphatic rings. The molecule has 3 heterocycles. The predicted molar refractivity (Wildman–Crippen MR) is 90.9 cm³/mol. The van der Waals surface area contributed by atoms with Crippen molar-refractivity contribution in [1.29, 1.82) is 0 Å². The Labute approximate surface area is 146 Å². The van der Waals surface area contributed by atoms with E-state index in [1.807, 2.05) is 25.5 Å². The van der Waals surface area contributed by atoms with Gasteiger partial charge in [-0.05, 0) is 39.5 Å². The van der Waals surface area contributed by atoms with Gasteiger partial charge in [-0.15, -0.1) is 0 Å². The van der Waals surface area contributed by atoms with Gasteiger partial charge in [0.2, 0.25) is 0 Å². The van der Waals surface area contributed by atoms with Crippen LogP contribution in [-0.4, -0.2) is 49.4 Å². The molecule has 1 aliphatic heterocycles. The molecule has 130 valence electrons. The van der Waals surface area contributed by atoms with Crippen LogP contribution in [0.5, 0.6) is 0 Å². The summed E-state index contributed by atoms with van der Waals surface area (Å²) in [5.41, 5.74) is 0.988. The number of hydrogen-bond acceptors (Lipinski definition) is 5. The average Bonchev–Trinajstić information content (AvgIpc) is 2.88. The number of piperidine rings is 1. The molecule has 7 nitrogen and oxygen atoms in total. The number of hydrogen-bond donors (Lipinski definition) is 0. The third-order valence-corrected chi connectivity index (χ3v) is 4.20. The Morgan fingerprint density at radius 3 is 2.71 bits per heavy atom. The van der Waals surface area contributed by atoms with Crippen LogP contribution in [0.15, 0.2) is 12.4 Å². The van der Waals surface area contributed by atoms with Gasteiger partial charge in [0, 0.05) is 19.6 Å². The molecule has 1 saturated heterocycles. The van der Waals surface area contributed by atoms with Crippen LogP contribution < -0.4 is 0 Å². The van der Waals surface area contributed by atoms with E-state index in [4.69, 9.17) is 16.3 Å². The molecule has 0 aromatic carbocycles. The lowest BCUT2D eigenvalue weighted by Gasteiger charge is -2.33. The van der Waals surface area contributed by atoms with Gasteiger partial charge in [0.05, 0.1) is 12.4 Å². The monoisotopic (exact) mass is 351 g/mol. The molecule has 0 atom stereocenters. The summed E-state index contributed by atoms with van der Waals surface area (Å²) in [6.45, 7) is 7.79. The fourth-order valence-corrected chi connectivity index (χ4v) is 2.96. The Morgan fingerprint density at radius 1 is 1.33 bits per heavy atom. The zero-order valence-corrected chi connectivity index (χ0v) is 15.0. The maximum Gasteiger partial charge on any atom is 0.410 e. The highest BCUT2D eigenvalue weighted by Gasteiger charge is 2.27. The summed E-state index contributed by atoms with van der Waals surface area (Å²) in [5.74, 6) is 0.438. The second-order valence-electron chi connectivity index (χ2n) is 7.14. The molecule has 8 heteroatoms. The zero-order valence-electron chi connectivity index (χ0n) is 14.2. The summed E-state index contributed by atoms with van der Waals surface area (Å²) in [4.78, 5) is 22.4. The van der Waals surface area contributed by atoms with Crippen molar-refractivity contribution in [3.8, 4) is 0 Å². The molecule has 0 aliphatic carbocycles. The van der Waals surface area contributed by atoms with E-state index in [0.717, 1.165) is 24.9 Å². The van der Waals surface area contributed by atoms with E-state index in [1.54, 1.807) is 11.1 Å². The van der Waals surface area contributed by atoms with Gasteiger partial charge in [-0.25, -0.2) is 19.4 Å². The maximum absolute atomic E-state index is 12.1. The number of halogens is 1. The van der Waals surface area contributed by atoms with Crippen molar-refractivity contribution in [1.82, 2.24) is 24.6 Å². The maximum atomic E-state index is 12.1. The number of carbonyl (C=O) groups is 1. The van der Waals surface area contributed by atoms with E-state index < -0.39 is 5.60 Å². The summed E-state index contributed by atoms with van der Waals surface area (Å²) < 4.78 is 7.27. The van der Waals surface area contributed by atoms with Gasteiger partial charge in [-0.2, -0.15) is 5.10 Å². The molecule has 2 aromatic rings. The zero-order chi connectivity index (χ0) is 17.3. The lowest BCUT2D eigenvalue weighted by Crippen LogP contribution is -2.42. The first-order valence-corrected chi connectivity index (χ1v) is 8.51. The lowest BCUT2D eigenvalue weighted by atomic mass is 9.97. The van der Waals surface area contributed by atoms with Gasteiger partial charge in [-0.1, -0.05) is 11.6 Å². The Morgan fingerprint density at radius 2 is 2.04 bits per heavy atom. The molecular weight excluding hydrogens is 330 g/mol. The van der Waals surface area contributed by atoms with E-state index in [2.05, 4.69) is 15.1 Å². The lowest BCUT2D eigenvalue weighted by molar-refractivity contribution is 0.0177. The number of fused-ring (bicyclic) bond motifs is 1. The molecule has 0 N–H and O–H groups in total. The minimum atomic E-state index is -0.458.